The second kappa shape index (κ2) is 5.21. The maximum atomic E-state index is 12.6. The molecule has 1 aromatic carbocycles. The van der Waals surface area contributed by atoms with Crippen LogP contribution in [-0.4, -0.2) is 29.1 Å². The number of carboxylic acid groups (broad SMARTS) is 1. The minimum Gasteiger partial charge on any atom is -0.480 e. The third kappa shape index (κ3) is 3.07. The van der Waals surface area contributed by atoms with Crippen LogP contribution in [0.3, 0.4) is 0 Å². The Bertz CT molecular complexity index is 467. The molecule has 1 atom stereocenters. The Morgan fingerprint density at radius 2 is 1.89 bits per heavy atom. The van der Waals surface area contributed by atoms with Crippen molar-refractivity contribution in [3.05, 3.63) is 35.4 Å². The van der Waals surface area contributed by atoms with Crippen LogP contribution in [0.2, 0.25) is 0 Å². The normalized spacial score (nSPS) is 18.5. The third-order valence-electron chi connectivity index (χ3n) is 3.27. The number of carboxylic acids is 1. The largest absolute Gasteiger partial charge is 0.480 e. The summed E-state index contributed by atoms with van der Waals surface area (Å²) in [6.07, 6.45) is -2.70. The second-order valence-corrected chi connectivity index (χ2v) is 4.61. The number of rotatable bonds is 3. The van der Waals surface area contributed by atoms with Crippen LogP contribution in [0.25, 0.3) is 0 Å². The molecule has 3 nitrogen and oxygen atoms in total. The molecule has 0 aliphatic carbocycles. The van der Waals surface area contributed by atoms with E-state index in [1.165, 1.54) is 12.1 Å². The first kappa shape index (κ1) is 13.9. The smallest absolute Gasteiger partial charge is 0.416 e. The van der Waals surface area contributed by atoms with E-state index in [1.807, 2.05) is 0 Å². The summed E-state index contributed by atoms with van der Waals surface area (Å²) in [7, 11) is 0. The van der Waals surface area contributed by atoms with Gasteiger partial charge >= 0.3 is 12.1 Å². The SMILES string of the molecule is O=C(O)[C@@H](c1cccc(C(F)(F)F)c1)N1CCCC1. The van der Waals surface area contributed by atoms with E-state index in [0.29, 0.717) is 13.1 Å². The summed E-state index contributed by atoms with van der Waals surface area (Å²) in [5, 5.41) is 9.26. The van der Waals surface area contributed by atoms with Gasteiger partial charge in [0.2, 0.25) is 0 Å². The fraction of sp³-hybridized carbons (Fsp3) is 0.462. The Hall–Kier alpha value is -1.56. The molecule has 0 spiro atoms. The van der Waals surface area contributed by atoms with Gasteiger partial charge in [0.1, 0.15) is 6.04 Å². The number of likely N-dealkylation sites (tertiary alicyclic amines) is 1. The maximum absolute atomic E-state index is 12.6. The number of benzene rings is 1. The molecule has 0 aromatic heterocycles. The van der Waals surface area contributed by atoms with E-state index in [1.54, 1.807) is 4.90 Å². The summed E-state index contributed by atoms with van der Waals surface area (Å²) in [4.78, 5) is 13.0. The number of alkyl halides is 3. The summed E-state index contributed by atoms with van der Waals surface area (Å²) in [6, 6.07) is 3.57. The van der Waals surface area contributed by atoms with Gasteiger partial charge in [0.25, 0.3) is 0 Å². The minimum absolute atomic E-state index is 0.184. The third-order valence-corrected chi connectivity index (χ3v) is 3.27. The van der Waals surface area contributed by atoms with Gasteiger partial charge in [-0.3, -0.25) is 9.69 Å². The molecular formula is C13H14F3NO2. The Balaban J connectivity index is 2.34. The van der Waals surface area contributed by atoms with E-state index < -0.39 is 23.8 Å². The average molecular weight is 273 g/mol. The number of halogens is 3. The maximum Gasteiger partial charge on any atom is 0.416 e. The van der Waals surface area contributed by atoms with E-state index in [-0.39, 0.29) is 5.56 Å². The van der Waals surface area contributed by atoms with Gasteiger partial charge in [0.15, 0.2) is 0 Å². The Morgan fingerprint density at radius 1 is 1.26 bits per heavy atom. The lowest BCUT2D eigenvalue weighted by molar-refractivity contribution is -0.144. The van der Waals surface area contributed by atoms with E-state index in [4.69, 9.17) is 0 Å². The second-order valence-electron chi connectivity index (χ2n) is 4.61. The van der Waals surface area contributed by atoms with Gasteiger partial charge < -0.3 is 5.11 Å². The molecule has 104 valence electrons. The molecule has 0 radical (unpaired) electrons. The number of carbonyl (C=O) groups is 1. The van der Waals surface area contributed by atoms with Crippen molar-refractivity contribution in [3.8, 4) is 0 Å². The van der Waals surface area contributed by atoms with Crippen molar-refractivity contribution in [3.63, 3.8) is 0 Å². The zero-order valence-corrected chi connectivity index (χ0v) is 10.2. The molecule has 0 bridgehead atoms. The van der Waals surface area contributed by atoms with Crippen LogP contribution in [0.1, 0.15) is 30.0 Å². The van der Waals surface area contributed by atoms with Gasteiger partial charge in [0, 0.05) is 0 Å². The first-order chi connectivity index (χ1) is 8.89. The average Bonchev–Trinajstić information content (AvgIpc) is 2.81. The van der Waals surface area contributed by atoms with Crippen LogP contribution in [0.5, 0.6) is 0 Å². The summed E-state index contributed by atoms with van der Waals surface area (Å²) < 4.78 is 37.9. The Morgan fingerprint density at radius 3 is 2.42 bits per heavy atom. The van der Waals surface area contributed by atoms with Gasteiger partial charge in [-0.2, -0.15) is 13.2 Å². The molecule has 1 fully saturated rings. The van der Waals surface area contributed by atoms with Crippen molar-refractivity contribution >= 4 is 5.97 Å². The first-order valence-electron chi connectivity index (χ1n) is 6.03. The predicted molar refractivity (Wildman–Crippen MR) is 62.6 cm³/mol. The molecule has 1 heterocycles. The first-order valence-corrected chi connectivity index (χ1v) is 6.03. The standard InChI is InChI=1S/C13H14F3NO2/c14-13(15,16)10-5-3-4-9(8-10)11(12(18)19)17-6-1-2-7-17/h3-5,8,11H,1-2,6-7H2,(H,18,19)/t11-/m1/s1. The topological polar surface area (TPSA) is 40.5 Å². The Kier molecular flexibility index (Phi) is 3.80. The van der Waals surface area contributed by atoms with Gasteiger partial charge in [-0.25, -0.2) is 0 Å². The van der Waals surface area contributed by atoms with Crippen LogP contribution in [0.15, 0.2) is 24.3 Å². The molecule has 19 heavy (non-hydrogen) atoms. The molecule has 0 unspecified atom stereocenters. The van der Waals surface area contributed by atoms with E-state index >= 15 is 0 Å². The highest BCUT2D eigenvalue weighted by Gasteiger charge is 2.34. The number of nitrogens with zero attached hydrogens (tertiary/aromatic N) is 1. The molecule has 6 heteroatoms. The highest BCUT2D eigenvalue weighted by Crippen LogP contribution is 2.32. The number of aliphatic carboxylic acids is 1. The molecule has 1 aromatic rings. The molecule has 1 aliphatic heterocycles. The zero-order valence-electron chi connectivity index (χ0n) is 10.2. The van der Waals surface area contributed by atoms with Crippen LogP contribution in [0.4, 0.5) is 13.2 Å². The molecule has 0 amide bonds. The van der Waals surface area contributed by atoms with Crippen molar-refractivity contribution < 1.29 is 23.1 Å². The summed E-state index contributed by atoms with van der Waals surface area (Å²) in [5.41, 5.74) is -0.625. The van der Waals surface area contributed by atoms with Crippen LogP contribution >= 0.6 is 0 Å². The molecule has 0 saturated carbocycles. The zero-order chi connectivity index (χ0) is 14.0. The molecular weight excluding hydrogens is 259 g/mol. The molecule has 2 rings (SSSR count). The molecule has 1 saturated heterocycles. The van der Waals surface area contributed by atoms with Crippen molar-refractivity contribution in [1.82, 2.24) is 4.90 Å². The van der Waals surface area contributed by atoms with Gasteiger partial charge in [-0.05, 0) is 43.6 Å². The quantitative estimate of drug-likeness (QED) is 0.920. The lowest BCUT2D eigenvalue weighted by Crippen LogP contribution is -2.31. The summed E-state index contributed by atoms with van der Waals surface area (Å²) in [6.45, 7) is 1.21. The van der Waals surface area contributed by atoms with Crippen molar-refractivity contribution in [2.75, 3.05) is 13.1 Å². The summed E-state index contributed by atoms with van der Waals surface area (Å²) >= 11 is 0. The van der Waals surface area contributed by atoms with E-state index in [0.717, 1.165) is 25.0 Å². The van der Waals surface area contributed by atoms with Crippen molar-refractivity contribution in [2.24, 2.45) is 0 Å². The fourth-order valence-electron chi connectivity index (χ4n) is 2.39. The molecule has 1 N–H and O–H groups in total. The van der Waals surface area contributed by atoms with E-state index in [2.05, 4.69) is 0 Å². The molecule has 1 aliphatic rings. The van der Waals surface area contributed by atoms with Crippen LogP contribution < -0.4 is 0 Å². The van der Waals surface area contributed by atoms with Crippen LogP contribution in [-0.2, 0) is 11.0 Å². The highest BCUT2D eigenvalue weighted by molar-refractivity contribution is 5.75. The van der Waals surface area contributed by atoms with Crippen LogP contribution in [0, 0.1) is 0 Å². The monoisotopic (exact) mass is 273 g/mol. The lowest BCUT2D eigenvalue weighted by atomic mass is 10.0. The van der Waals surface area contributed by atoms with Crippen molar-refractivity contribution in [2.45, 2.75) is 25.1 Å². The van der Waals surface area contributed by atoms with Gasteiger partial charge in [-0.1, -0.05) is 12.1 Å². The summed E-state index contributed by atoms with van der Waals surface area (Å²) in [5.74, 6) is -1.11. The van der Waals surface area contributed by atoms with Gasteiger partial charge in [-0.15, -0.1) is 0 Å². The van der Waals surface area contributed by atoms with Crippen molar-refractivity contribution in [1.29, 1.82) is 0 Å². The van der Waals surface area contributed by atoms with Gasteiger partial charge in [0.05, 0.1) is 5.56 Å². The lowest BCUT2D eigenvalue weighted by Gasteiger charge is -2.24. The Labute approximate surface area is 108 Å². The minimum atomic E-state index is -4.45. The number of hydrogen-bond donors (Lipinski definition) is 1. The fourth-order valence-corrected chi connectivity index (χ4v) is 2.39. The predicted octanol–water partition coefficient (Wildman–Crippen LogP) is 2.93. The highest BCUT2D eigenvalue weighted by atomic mass is 19.4. The number of hydrogen-bond acceptors (Lipinski definition) is 2. The van der Waals surface area contributed by atoms with E-state index in [9.17, 15) is 23.1 Å².